The second-order valence-corrected chi connectivity index (χ2v) is 5.07. The van der Waals surface area contributed by atoms with Crippen molar-refractivity contribution in [2.24, 2.45) is 5.10 Å². The third-order valence-corrected chi connectivity index (χ3v) is 2.98. The Bertz CT molecular complexity index is 653. The second-order valence-electron chi connectivity index (χ2n) is 4.16. The number of nitriles is 1. The molecule has 0 unspecified atom stereocenters. The number of rotatable bonds is 3. The van der Waals surface area contributed by atoms with Gasteiger partial charge in [-0.25, -0.2) is 9.97 Å². The smallest absolute Gasteiger partial charge is 0.216 e. The van der Waals surface area contributed by atoms with E-state index in [1.165, 1.54) is 0 Å². The molecular weight excluding hydrogens is 318 g/mol. The van der Waals surface area contributed by atoms with Gasteiger partial charge in [0.1, 0.15) is 0 Å². The molecule has 0 aliphatic carbocycles. The largest absolute Gasteiger partial charge is 0.261 e. The minimum absolute atomic E-state index is 0.276. The lowest BCUT2D eigenvalue weighted by Gasteiger charge is -2.08. The van der Waals surface area contributed by atoms with Crippen molar-refractivity contribution in [1.82, 2.24) is 9.97 Å². The molecule has 0 N–H and O–H groups in total. The number of nitrogens with zero attached hydrogens (tertiary/aromatic N) is 5. The van der Waals surface area contributed by atoms with Gasteiger partial charge in [0, 0.05) is 15.9 Å². The van der Waals surface area contributed by atoms with Gasteiger partial charge in [0.05, 0.1) is 6.21 Å². The summed E-state index contributed by atoms with van der Waals surface area (Å²) in [6, 6.07) is 9.45. The van der Waals surface area contributed by atoms with Gasteiger partial charge < -0.3 is 0 Å². The van der Waals surface area contributed by atoms with Crippen LogP contribution >= 0.6 is 15.9 Å². The molecule has 2 rings (SSSR count). The summed E-state index contributed by atoms with van der Waals surface area (Å²) < 4.78 is 0.990. The molecule has 0 saturated carbocycles. The number of hydrogen-bond acceptors (Lipinski definition) is 5. The molecule has 2 aromatic rings. The Labute approximate surface area is 125 Å². The van der Waals surface area contributed by atoms with Crippen LogP contribution in [0.3, 0.4) is 0 Å². The first-order chi connectivity index (χ1) is 9.58. The summed E-state index contributed by atoms with van der Waals surface area (Å²) in [4.78, 5) is 8.41. The third kappa shape index (κ3) is 3.62. The third-order valence-electron chi connectivity index (χ3n) is 2.45. The molecule has 0 amide bonds. The normalized spacial score (nSPS) is 10.5. The van der Waals surface area contributed by atoms with Crippen molar-refractivity contribution in [3.05, 3.63) is 51.8 Å². The Kier molecular flexibility index (Phi) is 4.43. The van der Waals surface area contributed by atoms with Crippen LogP contribution in [-0.2, 0) is 0 Å². The summed E-state index contributed by atoms with van der Waals surface area (Å²) in [5.74, 6) is 0.276. The molecule has 0 radical (unpaired) electrons. The monoisotopic (exact) mass is 329 g/mol. The maximum Gasteiger partial charge on any atom is 0.261 e. The van der Waals surface area contributed by atoms with Crippen molar-refractivity contribution >= 4 is 28.1 Å². The van der Waals surface area contributed by atoms with E-state index in [4.69, 9.17) is 5.26 Å². The molecule has 100 valence electrons. The summed E-state index contributed by atoms with van der Waals surface area (Å²) >= 11 is 3.36. The van der Waals surface area contributed by atoms with Crippen LogP contribution in [0.5, 0.6) is 0 Å². The van der Waals surface area contributed by atoms with Gasteiger partial charge in [0.25, 0.3) is 5.95 Å². The van der Waals surface area contributed by atoms with Crippen LogP contribution in [0.25, 0.3) is 0 Å². The van der Waals surface area contributed by atoms with Crippen molar-refractivity contribution in [3.63, 3.8) is 0 Å². The van der Waals surface area contributed by atoms with E-state index in [-0.39, 0.29) is 5.95 Å². The Morgan fingerprint density at radius 1 is 1.20 bits per heavy atom. The summed E-state index contributed by atoms with van der Waals surface area (Å²) in [6.07, 6.45) is 3.55. The van der Waals surface area contributed by atoms with E-state index in [2.05, 4.69) is 31.0 Å². The molecule has 0 aliphatic rings. The van der Waals surface area contributed by atoms with Gasteiger partial charge in [-0.3, -0.25) is 0 Å². The van der Waals surface area contributed by atoms with Crippen molar-refractivity contribution in [2.75, 3.05) is 5.01 Å². The molecule has 1 aromatic heterocycles. The van der Waals surface area contributed by atoms with Gasteiger partial charge in [-0.05, 0) is 37.6 Å². The van der Waals surface area contributed by atoms with Gasteiger partial charge in [-0.1, -0.05) is 28.1 Å². The highest BCUT2D eigenvalue weighted by molar-refractivity contribution is 9.10. The van der Waals surface area contributed by atoms with Crippen LogP contribution in [0.1, 0.15) is 17.0 Å². The number of halogens is 1. The van der Waals surface area contributed by atoms with E-state index >= 15 is 0 Å². The lowest BCUT2D eigenvalue weighted by molar-refractivity contribution is 0.947. The molecule has 0 aliphatic heterocycles. The van der Waals surface area contributed by atoms with E-state index in [1.54, 1.807) is 6.21 Å². The van der Waals surface area contributed by atoms with Crippen LogP contribution in [0.4, 0.5) is 5.95 Å². The number of aryl methyl sites for hydroxylation is 2. The van der Waals surface area contributed by atoms with Crippen molar-refractivity contribution < 1.29 is 0 Å². The Balaban J connectivity index is 2.25. The summed E-state index contributed by atoms with van der Waals surface area (Å²) in [7, 11) is 0. The maximum atomic E-state index is 9.16. The van der Waals surface area contributed by atoms with Crippen LogP contribution in [0.2, 0.25) is 0 Å². The van der Waals surface area contributed by atoms with Gasteiger partial charge in [-0.2, -0.15) is 10.4 Å². The topological polar surface area (TPSA) is 65.2 Å². The summed E-state index contributed by atoms with van der Waals surface area (Å²) in [5, 5.41) is 14.4. The van der Waals surface area contributed by atoms with Crippen LogP contribution < -0.4 is 5.01 Å². The molecule has 1 heterocycles. The molecular formula is C14H12BrN5. The zero-order valence-electron chi connectivity index (χ0n) is 11.1. The molecule has 20 heavy (non-hydrogen) atoms. The molecule has 0 saturated heterocycles. The molecule has 0 atom stereocenters. The second kappa shape index (κ2) is 6.26. The van der Waals surface area contributed by atoms with Crippen LogP contribution in [0, 0.1) is 25.3 Å². The maximum absolute atomic E-state index is 9.16. The first-order valence-corrected chi connectivity index (χ1v) is 6.69. The zero-order chi connectivity index (χ0) is 14.5. The average molecular weight is 330 g/mol. The number of benzene rings is 1. The van der Waals surface area contributed by atoms with E-state index in [1.807, 2.05) is 50.4 Å². The Morgan fingerprint density at radius 2 is 1.80 bits per heavy atom. The fraction of sp³-hybridized carbons (Fsp3) is 0.143. The number of anilines is 1. The van der Waals surface area contributed by atoms with Gasteiger partial charge in [0.2, 0.25) is 6.19 Å². The summed E-state index contributed by atoms with van der Waals surface area (Å²) in [5.41, 5.74) is 2.48. The van der Waals surface area contributed by atoms with Gasteiger partial charge in [-0.15, -0.1) is 5.01 Å². The quantitative estimate of drug-likeness (QED) is 0.375. The lowest BCUT2D eigenvalue weighted by atomic mass is 10.2. The van der Waals surface area contributed by atoms with Crippen molar-refractivity contribution in [1.29, 1.82) is 5.26 Å². The lowest BCUT2D eigenvalue weighted by Crippen LogP contribution is -2.13. The molecule has 0 bridgehead atoms. The first kappa shape index (κ1) is 14.2. The molecule has 5 nitrogen and oxygen atoms in total. The predicted octanol–water partition coefficient (Wildman–Crippen LogP) is 3.18. The Morgan fingerprint density at radius 3 is 2.35 bits per heavy atom. The van der Waals surface area contributed by atoms with Gasteiger partial charge in [0.15, 0.2) is 0 Å². The number of hydrazone groups is 1. The number of hydrogen-bond donors (Lipinski definition) is 0. The fourth-order valence-corrected chi connectivity index (χ4v) is 1.86. The molecule has 0 spiro atoms. The molecule has 1 aromatic carbocycles. The predicted molar refractivity (Wildman–Crippen MR) is 81.3 cm³/mol. The summed E-state index contributed by atoms with van der Waals surface area (Å²) in [6.45, 7) is 3.71. The Hall–Kier alpha value is -2.26. The van der Waals surface area contributed by atoms with E-state index < -0.39 is 0 Å². The fourth-order valence-electron chi connectivity index (χ4n) is 1.60. The highest BCUT2D eigenvalue weighted by atomic mass is 79.9. The average Bonchev–Trinajstić information content (AvgIpc) is 2.40. The molecule has 6 heteroatoms. The molecule has 0 fully saturated rings. The standard InChI is InChI=1S/C14H12BrN5/c1-10-7-11(2)19-14(18-10)20(9-16)17-8-12-3-5-13(15)6-4-12/h3-8H,1-2H3. The minimum Gasteiger partial charge on any atom is -0.216 e. The van der Waals surface area contributed by atoms with E-state index in [9.17, 15) is 0 Å². The SMILES string of the molecule is Cc1cc(C)nc(N(C#N)N=Cc2ccc(Br)cc2)n1. The highest BCUT2D eigenvalue weighted by Gasteiger charge is 2.08. The number of aromatic nitrogens is 2. The van der Waals surface area contributed by atoms with Crippen LogP contribution in [0.15, 0.2) is 39.9 Å². The van der Waals surface area contributed by atoms with Crippen LogP contribution in [-0.4, -0.2) is 16.2 Å². The van der Waals surface area contributed by atoms with E-state index in [0.29, 0.717) is 0 Å². The minimum atomic E-state index is 0.276. The van der Waals surface area contributed by atoms with Crippen molar-refractivity contribution in [2.45, 2.75) is 13.8 Å². The highest BCUT2D eigenvalue weighted by Crippen LogP contribution is 2.11. The zero-order valence-corrected chi connectivity index (χ0v) is 12.7. The van der Waals surface area contributed by atoms with Crippen molar-refractivity contribution in [3.8, 4) is 6.19 Å². The van der Waals surface area contributed by atoms with Gasteiger partial charge >= 0.3 is 0 Å². The first-order valence-electron chi connectivity index (χ1n) is 5.90. The van der Waals surface area contributed by atoms with E-state index in [0.717, 1.165) is 26.4 Å².